The summed E-state index contributed by atoms with van der Waals surface area (Å²) in [6.45, 7) is 1.65. The number of nitriles is 1. The molecule has 2 aliphatic rings. The smallest absolute Gasteiger partial charge is 0.414 e. The van der Waals surface area contributed by atoms with Gasteiger partial charge in [0.25, 0.3) is 0 Å². The highest BCUT2D eigenvalue weighted by molar-refractivity contribution is 6.19. The van der Waals surface area contributed by atoms with Crippen LogP contribution < -0.4 is 15.1 Å². The Labute approximate surface area is 164 Å². The van der Waals surface area contributed by atoms with Gasteiger partial charge in [-0.3, -0.25) is 9.69 Å². The molecule has 2 saturated heterocycles. The summed E-state index contributed by atoms with van der Waals surface area (Å²) in [7, 11) is 5.22. The number of nitrogens with one attached hydrogen (secondary N) is 1. The first kappa shape index (κ1) is 19.7. The van der Waals surface area contributed by atoms with Crippen LogP contribution in [0.3, 0.4) is 0 Å². The molecule has 2 radical (unpaired) electrons. The normalized spacial score (nSPS) is 19.2. The van der Waals surface area contributed by atoms with E-state index in [0.717, 1.165) is 18.4 Å². The second-order valence-corrected chi connectivity index (χ2v) is 6.68. The largest absolute Gasteiger partial charge is 0.442 e. The van der Waals surface area contributed by atoms with Crippen molar-refractivity contribution in [1.82, 2.24) is 5.32 Å². The number of amides is 2. The van der Waals surface area contributed by atoms with E-state index in [1.54, 1.807) is 18.2 Å². The molecular weight excluding hydrogens is 362 g/mol. The molecule has 28 heavy (non-hydrogen) atoms. The summed E-state index contributed by atoms with van der Waals surface area (Å²) < 4.78 is 19.9. The molecule has 2 amide bonds. The number of allylic oxidation sites excluding steroid dienone is 1. The lowest BCUT2D eigenvalue weighted by atomic mass is 10.0. The van der Waals surface area contributed by atoms with Crippen molar-refractivity contribution >= 4 is 31.2 Å². The molecule has 0 aliphatic carbocycles. The van der Waals surface area contributed by atoms with Crippen molar-refractivity contribution in [2.75, 3.05) is 36.0 Å². The van der Waals surface area contributed by atoms with Crippen LogP contribution in [0.5, 0.6) is 0 Å². The van der Waals surface area contributed by atoms with Gasteiger partial charge in [-0.1, -0.05) is 5.57 Å². The average Bonchev–Trinajstić information content (AvgIpc) is 3.07. The molecule has 0 bridgehead atoms. The number of hydrogen-bond donors (Lipinski definition) is 1. The van der Waals surface area contributed by atoms with Gasteiger partial charge < -0.3 is 15.0 Å². The molecule has 7 nitrogen and oxygen atoms in total. The third-order valence-corrected chi connectivity index (χ3v) is 4.84. The van der Waals surface area contributed by atoms with Gasteiger partial charge in [-0.05, 0) is 37.4 Å². The van der Waals surface area contributed by atoms with Gasteiger partial charge in [-0.2, -0.15) is 5.26 Å². The van der Waals surface area contributed by atoms with Crippen molar-refractivity contribution in [3.63, 3.8) is 0 Å². The zero-order valence-electron chi connectivity index (χ0n) is 15.4. The van der Waals surface area contributed by atoms with Crippen LogP contribution in [0.15, 0.2) is 29.8 Å². The zero-order chi connectivity index (χ0) is 20.1. The molecule has 0 unspecified atom stereocenters. The number of rotatable bonds is 5. The number of halogens is 1. The molecule has 1 aromatic rings. The van der Waals surface area contributed by atoms with E-state index in [1.165, 1.54) is 11.0 Å². The molecular formula is C19H20BFN4O3. The summed E-state index contributed by atoms with van der Waals surface area (Å²) in [5.41, 5.74) is 1.95. The summed E-state index contributed by atoms with van der Waals surface area (Å²) >= 11 is 0. The Morgan fingerprint density at radius 3 is 2.82 bits per heavy atom. The molecule has 1 N–H and O–H groups in total. The topological polar surface area (TPSA) is 85.7 Å². The fraction of sp³-hybridized carbons (Fsp3) is 0.421. The van der Waals surface area contributed by atoms with Crippen molar-refractivity contribution in [1.29, 1.82) is 5.26 Å². The van der Waals surface area contributed by atoms with Crippen molar-refractivity contribution in [3.05, 3.63) is 35.7 Å². The average molecular weight is 382 g/mol. The van der Waals surface area contributed by atoms with E-state index >= 15 is 0 Å². The van der Waals surface area contributed by atoms with Crippen molar-refractivity contribution < 1.29 is 18.7 Å². The fourth-order valence-corrected chi connectivity index (χ4v) is 3.33. The van der Waals surface area contributed by atoms with E-state index < -0.39 is 18.0 Å². The highest BCUT2D eigenvalue weighted by atomic mass is 19.1. The first-order chi connectivity index (χ1) is 13.5. The number of carbonyl (C=O) groups excluding carboxylic acids is 2. The molecule has 0 aromatic heterocycles. The second kappa shape index (κ2) is 8.78. The number of cyclic esters (lactones) is 1. The Kier molecular flexibility index (Phi) is 6.19. The number of nitrogens with zero attached hydrogens (tertiary/aromatic N) is 3. The van der Waals surface area contributed by atoms with E-state index in [1.807, 2.05) is 11.0 Å². The van der Waals surface area contributed by atoms with E-state index in [4.69, 9.17) is 17.8 Å². The van der Waals surface area contributed by atoms with Crippen LogP contribution in [-0.4, -0.2) is 52.1 Å². The van der Waals surface area contributed by atoms with Crippen LogP contribution >= 0.6 is 0 Å². The number of benzene rings is 1. The molecule has 3 rings (SSSR count). The van der Waals surface area contributed by atoms with Crippen LogP contribution in [0.1, 0.15) is 12.8 Å². The Balaban J connectivity index is 1.64. The fourth-order valence-electron chi connectivity index (χ4n) is 3.33. The second-order valence-electron chi connectivity index (χ2n) is 6.68. The highest BCUT2D eigenvalue weighted by Crippen LogP contribution is 2.30. The van der Waals surface area contributed by atoms with Gasteiger partial charge in [0.15, 0.2) is 0 Å². The zero-order valence-corrected chi connectivity index (χ0v) is 15.4. The summed E-state index contributed by atoms with van der Waals surface area (Å²) in [4.78, 5) is 26.6. The third kappa shape index (κ3) is 4.45. The van der Waals surface area contributed by atoms with Gasteiger partial charge in [0.1, 0.15) is 11.9 Å². The van der Waals surface area contributed by atoms with Crippen LogP contribution in [-0.2, 0) is 9.53 Å². The quantitative estimate of drug-likeness (QED) is 0.621. The van der Waals surface area contributed by atoms with E-state index in [9.17, 15) is 14.0 Å². The van der Waals surface area contributed by atoms with Crippen LogP contribution in [0.4, 0.5) is 20.6 Å². The Hall–Kier alpha value is -3.02. The Morgan fingerprint density at radius 2 is 2.18 bits per heavy atom. The summed E-state index contributed by atoms with van der Waals surface area (Å²) in [5.74, 6) is -0.753. The summed E-state index contributed by atoms with van der Waals surface area (Å²) in [6, 6.07) is 6.69. The number of hydrogen-bond acceptors (Lipinski definition) is 5. The van der Waals surface area contributed by atoms with Crippen LogP contribution in [0, 0.1) is 17.1 Å². The molecule has 144 valence electrons. The van der Waals surface area contributed by atoms with Gasteiger partial charge in [0.2, 0.25) is 5.91 Å². The molecule has 1 aromatic carbocycles. The molecule has 9 heteroatoms. The minimum Gasteiger partial charge on any atom is -0.442 e. The van der Waals surface area contributed by atoms with Crippen molar-refractivity contribution in [2.45, 2.75) is 25.3 Å². The van der Waals surface area contributed by atoms with Crippen molar-refractivity contribution in [2.24, 2.45) is 0 Å². The molecule has 2 aliphatic heterocycles. The maximum atomic E-state index is 14.7. The summed E-state index contributed by atoms with van der Waals surface area (Å²) in [5, 5.41) is 11.3. The lowest BCUT2D eigenvalue weighted by Crippen LogP contribution is -2.34. The van der Waals surface area contributed by atoms with Crippen molar-refractivity contribution in [3.8, 4) is 6.07 Å². The monoisotopic (exact) mass is 382 g/mol. The molecule has 0 saturated carbocycles. The minimum absolute atomic E-state index is 0.138. The lowest BCUT2D eigenvalue weighted by Gasteiger charge is -2.30. The third-order valence-electron chi connectivity index (χ3n) is 4.84. The number of carbonyl (C=O) groups is 2. The van der Waals surface area contributed by atoms with Gasteiger partial charge in [-0.15, -0.1) is 0 Å². The predicted molar refractivity (Wildman–Crippen MR) is 103 cm³/mol. The summed E-state index contributed by atoms with van der Waals surface area (Å²) in [6.07, 6.45) is 1.78. The van der Waals surface area contributed by atoms with E-state index in [2.05, 4.69) is 5.32 Å². The number of piperidine rings is 1. The number of ether oxygens (including phenoxy) is 1. The Morgan fingerprint density at radius 1 is 1.43 bits per heavy atom. The Bertz CT molecular complexity index is 829. The van der Waals surface area contributed by atoms with Crippen LogP contribution in [0.2, 0.25) is 6.32 Å². The lowest BCUT2D eigenvalue weighted by molar-refractivity contribution is -0.119. The minimum atomic E-state index is -0.580. The number of anilines is 2. The maximum absolute atomic E-state index is 14.7. The van der Waals surface area contributed by atoms with Gasteiger partial charge in [-0.25, -0.2) is 9.18 Å². The van der Waals surface area contributed by atoms with Crippen LogP contribution in [0.25, 0.3) is 0 Å². The van der Waals surface area contributed by atoms with Gasteiger partial charge >= 0.3 is 6.09 Å². The van der Waals surface area contributed by atoms with E-state index in [-0.39, 0.29) is 25.3 Å². The highest BCUT2D eigenvalue weighted by Gasteiger charge is 2.33. The van der Waals surface area contributed by atoms with Gasteiger partial charge in [0.05, 0.1) is 38.4 Å². The molecule has 2 fully saturated rings. The first-order valence-electron chi connectivity index (χ1n) is 9.08. The standard InChI is InChI=1S/C19H20BFN4O3/c20-10-18(26)23-11-15-12-25(19(27)28-15)14-1-2-17(16(21)9-14)24-7-4-13(3-6-22)5-8-24/h1-3,9,15H,4-5,7-8,10-12H2,(H,23,26)/t15-/m0/s1. The van der Waals surface area contributed by atoms with Gasteiger partial charge in [0, 0.05) is 19.2 Å². The molecule has 2 heterocycles. The molecule has 0 spiro atoms. The maximum Gasteiger partial charge on any atom is 0.414 e. The van der Waals surface area contributed by atoms with E-state index in [0.29, 0.717) is 24.5 Å². The SMILES string of the molecule is [B]CC(=O)NC[C@H]1CN(c2ccc(N3CCC(=CC#N)CC3)c(F)c2)C(=O)O1. The first-order valence-corrected chi connectivity index (χ1v) is 9.08. The molecule has 1 atom stereocenters. The predicted octanol–water partition coefficient (Wildman–Crippen LogP) is 1.90.